The highest BCUT2D eigenvalue weighted by molar-refractivity contribution is 5.93. The molecule has 0 radical (unpaired) electrons. The Morgan fingerprint density at radius 3 is 2.76 bits per heavy atom. The smallest absolute Gasteiger partial charge is 0.305 e. The number of anilines is 2. The van der Waals surface area contributed by atoms with Crippen LogP contribution in [0, 0.1) is 12.3 Å². The van der Waals surface area contributed by atoms with E-state index in [0.29, 0.717) is 65.3 Å². The number of unbranched alkanes of at least 4 members (excludes halogenated alkanes) is 1. The summed E-state index contributed by atoms with van der Waals surface area (Å²) in [6, 6.07) is 8.36. The molecule has 0 aliphatic rings. The van der Waals surface area contributed by atoms with Gasteiger partial charge in [-0.05, 0) is 43.5 Å². The summed E-state index contributed by atoms with van der Waals surface area (Å²) in [5.74, 6) is 2.97. The van der Waals surface area contributed by atoms with Crippen molar-refractivity contribution >= 4 is 28.4 Å². The summed E-state index contributed by atoms with van der Waals surface area (Å²) in [4.78, 5) is 19.2. The quantitative estimate of drug-likeness (QED) is 0.196. The number of phenols is 1. The molecular weight excluding hydrogens is 426 g/mol. The number of methoxy groups -OCH3 is 1. The van der Waals surface area contributed by atoms with Crippen molar-refractivity contribution in [3.8, 4) is 29.6 Å². The van der Waals surface area contributed by atoms with Gasteiger partial charge in [0.15, 0.2) is 11.5 Å². The van der Waals surface area contributed by atoms with Crippen molar-refractivity contribution in [3.05, 3.63) is 42.2 Å². The number of hydrogen-bond donors (Lipinski definition) is 4. The highest BCUT2D eigenvalue weighted by atomic mass is 16.5. The molecule has 9 nitrogen and oxygen atoms in total. The number of phenolic OH excluding ortho intramolecular Hbond substituents is 1. The van der Waals surface area contributed by atoms with Gasteiger partial charge in [0.1, 0.15) is 17.9 Å². The molecule has 33 heavy (non-hydrogen) atoms. The first-order valence-corrected chi connectivity index (χ1v) is 10.3. The molecule has 3 rings (SSSR count). The largest absolute Gasteiger partial charge is 0.507 e. The van der Waals surface area contributed by atoms with Crippen molar-refractivity contribution in [2.45, 2.75) is 31.8 Å². The van der Waals surface area contributed by atoms with E-state index in [-0.39, 0.29) is 12.2 Å². The monoisotopic (exact) mass is 451 g/mol. The number of nitrogens with zero attached hydrogens (tertiary/aromatic N) is 2. The highest BCUT2D eigenvalue weighted by Gasteiger charge is 2.13. The van der Waals surface area contributed by atoms with Crippen molar-refractivity contribution in [2.24, 2.45) is 0 Å². The van der Waals surface area contributed by atoms with E-state index in [1.165, 1.54) is 19.5 Å². The predicted molar refractivity (Wildman–Crippen MR) is 123 cm³/mol. The molecule has 1 unspecified atom stereocenters. The van der Waals surface area contributed by atoms with Crippen LogP contribution in [-0.4, -0.2) is 51.1 Å². The molecule has 1 aromatic heterocycles. The fourth-order valence-electron chi connectivity index (χ4n) is 3.27. The Hall–Kier alpha value is -4.03. The first-order chi connectivity index (χ1) is 15.9. The van der Waals surface area contributed by atoms with Crippen LogP contribution in [0.15, 0.2) is 36.7 Å². The highest BCUT2D eigenvalue weighted by Crippen LogP contribution is 2.35. The molecule has 3 aromatic rings. The van der Waals surface area contributed by atoms with Gasteiger partial charge in [0, 0.05) is 17.1 Å². The zero-order valence-corrected chi connectivity index (χ0v) is 18.1. The van der Waals surface area contributed by atoms with E-state index in [9.17, 15) is 15.0 Å². The van der Waals surface area contributed by atoms with Crippen LogP contribution in [0.3, 0.4) is 0 Å². The Balaban J connectivity index is 1.75. The average molecular weight is 451 g/mol. The van der Waals surface area contributed by atoms with Gasteiger partial charge in [0.2, 0.25) is 0 Å². The van der Waals surface area contributed by atoms with E-state index < -0.39 is 12.1 Å². The number of hydrogen-bond acceptors (Lipinski definition) is 8. The zero-order chi connectivity index (χ0) is 23.8. The number of ether oxygens (including phenoxy) is 2. The van der Waals surface area contributed by atoms with Crippen LogP contribution in [0.4, 0.5) is 11.5 Å². The first kappa shape index (κ1) is 23.6. The van der Waals surface area contributed by atoms with Crippen molar-refractivity contribution in [3.63, 3.8) is 0 Å². The summed E-state index contributed by atoms with van der Waals surface area (Å²) in [6.07, 6.45) is 7.37. The van der Waals surface area contributed by atoms with Crippen LogP contribution >= 0.6 is 0 Å². The normalized spacial score (nSPS) is 11.5. The Labute approximate surface area is 191 Å². The van der Waals surface area contributed by atoms with Gasteiger partial charge in [-0.1, -0.05) is 5.92 Å². The number of aliphatic hydroxyl groups is 1. The zero-order valence-electron chi connectivity index (χ0n) is 18.1. The molecular formula is C24H25N3O6. The number of terminal acetylenes is 1. The van der Waals surface area contributed by atoms with Gasteiger partial charge < -0.3 is 30.1 Å². The standard InChI is InChI=1S/C24H25N3O6/c1-3-15-10-16(7-8-20(15)29)27-24-18-12-22(21(32-2)13-19(18)25-14-26-24)33-9-5-4-6-17(28)11-23(30)31/h1,7-8,10,12-14,17,28-29H,4-6,9,11H2,2H3,(H,30,31)(H,25,26,27). The van der Waals surface area contributed by atoms with E-state index in [1.807, 2.05) is 0 Å². The summed E-state index contributed by atoms with van der Waals surface area (Å²) in [7, 11) is 1.54. The Bertz CT molecular complexity index is 1170. The third kappa shape index (κ3) is 6.24. The minimum absolute atomic E-state index is 0.0199. The number of aliphatic carboxylic acids is 1. The molecule has 0 amide bonds. The predicted octanol–water partition coefficient (Wildman–Crippen LogP) is 3.45. The molecule has 0 bridgehead atoms. The summed E-state index contributed by atoms with van der Waals surface area (Å²) >= 11 is 0. The van der Waals surface area contributed by atoms with Crippen LogP contribution < -0.4 is 14.8 Å². The minimum Gasteiger partial charge on any atom is -0.507 e. The molecule has 0 aliphatic heterocycles. The topological polar surface area (TPSA) is 134 Å². The van der Waals surface area contributed by atoms with E-state index in [0.717, 1.165) is 0 Å². The van der Waals surface area contributed by atoms with Gasteiger partial charge in [0.05, 0.1) is 37.3 Å². The maximum Gasteiger partial charge on any atom is 0.305 e. The van der Waals surface area contributed by atoms with Crippen LogP contribution in [0.5, 0.6) is 17.2 Å². The number of carbonyl (C=O) groups is 1. The molecule has 9 heteroatoms. The maximum absolute atomic E-state index is 10.6. The molecule has 172 valence electrons. The van der Waals surface area contributed by atoms with Crippen LogP contribution in [0.1, 0.15) is 31.2 Å². The average Bonchev–Trinajstić information content (AvgIpc) is 2.79. The number of aromatic hydroxyl groups is 1. The lowest BCUT2D eigenvalue weighted by atomic mass is 10.1. The van der Waals surface area contributed by atoms with Crippen molar-refractivity contribution in [1.29, 1.82) is 0 Å². The molecule has 4 N–H and O–H groups in total. The molecule has 0 aliphatic carbocycles. The second kappa shape index (κ2) is 11.0. The van der Waals surface area contributed by atoms with E-state index >= 15 is 0 Å². The van der Waals surface area contributed by atoms with Crippen molar-refractivity contribution in [2.75, 3.05) is 19.0 Å². The number of aromatic nitrogens is 2. The lowest BCUT2D eigenvalue weighted by Crippen LogP contribution is -2.13. The Morgan fingerprint density at radius 1 is 1.21 bits per heavy atom. The molecule has 2 aromatic carbocycles. The van der Waals surface area contributed by atoms with Gasteiger partial charge in [-0.15, -0.1) is 6.42 Å². The van der Waals surface area contributed by atoms with Crippen molar-refractivity contribution in [1.82, 2.24) is 9.97 Å². The first-order valence-electron chi connectivity index (χ1n) is 10.3. The minimum atomic E-state index is -1.02. The Morgan fingerprint density at radius 2 is 2.03 bits per heavy atom. The van der Waals surface area contributed by atoms with Gasteiger partial charge in [-0.25, -0.2) is 9.97 Å². The summed E-state index contributed by atoms with van der Waals surface area (Å²) in [6.45, 7) is 0.363. The molecule has 1 heterocycles. The lowest BCUT2D eigenvalue weighted by molar-refractivity contribution is -0.139. The maximum atomic E-state index is 10.6. The molecule has 0 saturated heterocycles. The van der Waals surface area contributed by atoms with Gasteiger partial charge >= 0.3 is 5.97 Å². The lowest BCUT2D eigenvalue weighted by Gasteiger charge is -2.14. The number of carboxylic acids is 1. The van der Waals surface area contributed by atoms with Gasteiger partial charge in [-0.3, -0.25) is 4.79 Å². The summed E-state index contributed by atoms with van der Waals surface area (Å²) in [5.41, 5.74) is 1.65. The van der Waals surface area contributed by atoms with Crippen LogP contribution in [0.2, 0.25) is 0 Å². The number of fused-ring (bicyclic) bond motifs is 1. The number of nitrogens with one attached hydrogen (secondary N) is 1. The molecule has 0 saturated carbocycles. The number of carboxylic acid groups (broad SMARTS) is 1. The fraction of sp³-hybridized carbons (Fsp3) is 0.292. The fourth-order valence-corrected chi connectivity index (χ4v) is 3.27. The summed E-state index contributed by atoms with van der Waals surface area (Å²) in [5, 5.41) is 32.0. The van der Waals surface area contributed by atoms with E-state index in [4.69, 9.17) is 21.0 Å². The summed E-state index contributed by atoms with van der Waals surface area (Å²) < 4.78 is 11.3. The molecule has 1 atom stereocenters. The number of aliphatic hydroxyl groups excluding tert-OH is 1. The molecule has 0 spiro atoms. The van der Waals surface area contributed by atoms with Crippen molar-refractivity contribution < 1.29 is 29.6 Å². The number of rotatable bonds is 11. The second-order valence-corrected chi connectivity index (χ2v) is 7.34. The van der Waals surface area contributed by atoms with Gasteiger partial charge in [-0.2, -0.15) is 0 Å². The van der Waals surface area contributed by atoms with Crippen LogP contribution in [0.25, 0.3) is 10.9 Å². The number of benzene rings is 2. The third-order valence-electron chi connectivity index (χ3n) is 4.94. The van der Waals surface area contributed by atoms with E-state index in [2.05, 4.69) is 21.2 Å². The Kier molecular flexibility index (Phi) is 7.89. The van der Waals surface area contributed by atoms with Gasteiger partial charge in [0.25, 0.3) is 0 Å². The van der Waals surface area contributed by atoms with Crippen LogP contribution in [-0.2, 0) is 4.79 Å². The third-order valence-corrected chi connectivity index (χ3v) is 4.94. The second-order valence-electron chi connectivity index (χ2n) is 7.34. The molecule has 0 fully saturated rings. The SMILES string of the molecule is C#Cc1cc(Nc2ncnc3cc(OC)c(OCCCCC(O)CC(=O)O)cc23)ccc1O. The van der Waals surface area contributed by atoms with E-state index in [1.54, 1.807) is 24.3 Å².